The first-order valence-corrected chi connectivity index (χ1v) is 8.92. The van der Waals surface area contributed by atoms with Crippen molar-refractivity contribution in [2.24, 2.45) is 0 Å². The number of nitrogens with one attached hydrogen (secondary N) is 2. The molecule has 0 aliphatic carbocycles. The molecular weight excluding hydrogens is 358 g/mol. The number of methoxy groups -OCH3 is 2. The van der Waals surface area contributed by atoms with E-state index in [1.54, 1.807) is 20.3 Å². The summed E-state index contributed by atoms with van der Waals surface area (Å²) in [6.45, 7) is 2.83. The van der Waals surface area contributed by atoms with Crippen LogP contribution >= 0.6 is 0 Å². The number of hydrogen-bond acceptors (Lipinski definition) is 5. The standard InChI is InChI=1S/C21H23N3O4/c1-4-28-19-10-5-14(11-20(19)27-3)13-22-21(25)18-12-17(23-24-18)15-6-8-16(26-2)9-7-15/h5-12H,4,13H2,1-3H3,(H,22,25)(H,23,24). The largest absolute Gasteiger partial charge is 0.497 e. The van der Waals surface area contributed by atoms with Crippen LogP contribution in [-0.2, 0) is 6.54 Å². The molecule has 1 amide bonds. The number of nitrogens with zero attached hydrogens (tertiary/aromatic N) is 1. The molecule has 0 fully saturated rings. The van der Waals surface area contributed by atoms with Gasteiger partial charge in [0.15, 0.2) is 11.5 Å². The van der Waals surface area contributed by atoms with E-state index in [2.05, 4.69) is 15.5 Å². The maximum Gasteiger partial charge on any atom is 0.269 e. The van der Waals surface area contributed by atoms with Gasteiger partial charge in [-0.05, 0) is 55.0 Å². The minimum atomic E-state index is -0.236. The number of rotatable bonds is 8. The Bertz CT molecular complexity index is 935. The van der Waals surface area contributed by atoms with Gasteiger partial charge >= 0.3 is 0 Å². The highest BCUT2D eigenvalue weighted by Gasteiger charge is 2.12. The van der Waals surface area contributed by atoms with Gasteiger partial charge in [0.1, 0.15) is 11.4 Å². The van der Waals surface area contributed by atoms with Gasteiger partial charge in [-0.1, -0.05) is 6.07 Å². The molecule has 1 heterocycles. The van der Waals surface area contributed by atoms with Gasteiger partial charge in [-0.2, -0.15) is 5.10 Å². The Balaban J connectivity index is 1.64. The highest BCUT2D eigenvalue weighted by Crippen LogP contribution is 2.28. The zero-order valence-electron chi connectivity index (χ0n) is 16.1. The molecule has 0 atom stereocenters. The van der Waals surface area contributed by atoms with Crippen LogP contribution in [0.15, 0.2) is 48.5 Å². The molecule has 0 saturated heterocycles. The van der Waals surface area contributed by atoms with E-state index in [9.17, 15) is 4.79 Å². The van der Waals surface area contributed by atoms with E-state index in [1.807, 2.05) is 49.4 Å². The smallest absolute Gasteiger partial charge is 0.269 e. The van der Waals surface area contributed by atoms with E-state index >= 15 is 0 Å². The monoisotopic (exact) mass is 381 g/mol. The van der Waals surface area contributed by atoms with Crippen LogP contribution in [0.5, 0.6) is 17.2 Å². The van der Waals surface area contributed by atoms with Crippen molar-refractivity contribution >= 4 is 5.91 Å². The Morgan fingerprint density at radius 3 is 2.50 bits per heavy atom. The van der Waals surface area contributed by atoms with E-state index in [0.29, 0.717) is 36.0 Å². The lowest BCUT2D eigenvalue weighted by Crippen LogP contribution is -2.23. The van der Waals surface area contributed by atoms with Gasteiger partial charge in [-0.25, -0.2) is 0 Å². The minimum absolute atomic E-state index is 0.236. The van der Waals surface area contributed by atoms with E-state index in [0.717, 1.165) is 16.9 Å². The molecule has 3 rings (SSSR count). The first-order valence-electron chi connectivity index (χ1n) is 8.92. The molecule has 3 aromatic rings. The highest BCUT2D eigenvalue weighted by atomic mass is 16.5. The second kappa shape index (κ2) is 8.94. The quantitative estimate of drug-likeness (QED) is 0.624. The molecule has 2 aromatic carbocycles. The van der Waals surface area contributed by atoms with Crippen molar-refractivity contribution in [3.8, 4) is 28.5 Å². The molecule has 0 aliphatic rings. The summed E-state index contributed by atoms with van der Waals surface area (Å²) in [4.78, 5) is 12.4. The number of aromatic amines is 1. The van der Waals surface area contributed by atoms with Crippen molar-refractivity contribution in [3.05, 3.63) is 59.8 Å². The zero-order chi connectivity index (χ0) is 19.9. The van der Waals surface area contributed by atoms with Crippen LogP contribution in [0, 0.1) is 0 Å². The number of hydrogen-bond donors (Lipinski definition) is 2. The molecule has 28 heavy (non-hydrogen) atoms. The molecule has 146 valence electrons. The van der Waals surface area contributed by atoms with Crippen molar-refractivity contribution < 1.29 is 19.0 Å². The Kier molecular flexibility index (Phi) is 6.16. The number of H-pyrrole nitrogens is 1. The number of carbonyl (C=O) groups is 1. The van der Waals surface area contributed by atoms with E-state index in [1.165, 1.54) is 0 Å². The minimum Gasteiger partial charge on any atom is -0.497 e. The van der Waals surface area contributed by atoms with Gasteiger partial charge in [0, 0.05) is 12.1 Å². The first kappa shape index (κ1) is 19.3. The molecule has 0 saturated carbocycles. The molecule has 0 spiro atoms. The number of benzene rings is 2. The van der Waals surface area contributed by atoms with E-state index in [4.69, 9.17) is 14.2 Å². The summed E-state index contributed by atoms with van der Waals surface area (Å²) in [6, 6.07) is 14.8. The number of ether oxygens (including phenoxy) is 3. The Morgan fingerprint density at radius 2 is 1.82 bits per heavy atom. The normalized spacial score (nSPS) is 10.4. The van der Waals surface area contributed by atoms with Crippen LogP contribution in [0.4, 0.5) is 0 Å². The summed E-state index contributed by atoms with van der Waals surface area (Å²) >= 11 is 0. The average Bonchev–Trinajstić information content (AvgIpc) is 3.23. The topological polar surface area (TPSA) is 85.5 Å². The third-order valence-corrected chi connectivity index (χ3v) is 4.19. The fourth-order valence-corrected chi connectivity index (χ4v) is 2.72. The Labute approximate surface area is 163 Å². The predicted octanol–water partition coefficient (Wildman–Crippen LogP) is 3.42. The van der Waals surface area contributed by atoms with Crippen molar-refractivity contribution in [2.45, 2.75) is 13.5 Å². The van der Waals surface area contributed by atoms with Gasteiger partial charge in [-0.15, -0.1) is 0 Å². The SMILES string of the molecule is CCOc1ccc(CNC(=O)c2cc(-c3ccc(OC)cc3)n[nH]2)cc1OC. The molecule has 0 unspecified atom stereocenters. The molecule has 1 aromatic heterocycles. The van der Waals surface area contributed by atoms with Crippen LogP contribution in [0.3, 0.4) is 0 Å². The molecule has 0 bridgehead atoms. The molecule has 2 N–H and O–H groups in total. The Hall–Kier alpha value is -3.48. The molecule has 0 aliphatic heterocycles. The third kappa shape index (κ3) is 4.43. The lowest BCUT2D eigenvalue weighted by molar-refractivity contribution is 0.0946. The van der Waals surface area contributed by atoms with Gasteiger partial charge in [-0.3, -0.25) is 9.89 Å². The van der Waals surface area contributed by atoms with Gasteiger partial charge in [0.2, 0.25) is 0 Å². The fourth-order valence-electron chi connectivity index (χ4n) is 2.72. The molecular formula is C21H23N3O4. The van der Waals surface area contributed by atoms with Crippen molar-refractivity contribution in [3.63, 3.8) is 0 Å². The molecule has 0 radical (unpaired) electrons. The lowest BCUT2D eigenvalue weighted by Gasteiger charge is -2.11. The van der Waals surface area contributed by atoms with Gasteiger partial charge in [0.05, 0.1) is 26.5 Å². The van der Waals surface area contributed by atoms with Crippen LogP contribution < -0.4 is 19.5 Å². The highest BCUT2D eigenvalue weighted by molar-refractivity contribution is 5.93. The summed E-state index contributed by atoms with van der Waals surface area (Å²) in [7, 11) is 3.21. The number of carbonyl (C=O) groups excluding carboxylic acids is 1. The Morgan fingerprint density at radius 1 is 1.04 bits per heavy atom. The summed E-state index contributed by atoms with van der Waals surface area (Å²) in [6.07, 6.45) is 0. The summed E-state index contributed by atoms with van der Waals surface area (Å²) in [5, 5.41) is 9.87. The summed E-state index contributed by atoms with van der Waals surface area (Å²) < 4.78 is 16.0. The van der Waals surface area contributed by atoms with E-state index < -0.39 is 0 Å². The maximum absolute atomic E-state index is 12.4. The number of amides is 1. The second-order valence-corrected chi connectivity index (χ2v) is 6.00. The zero-order valence-corrected chi connectivity index (χ0v) is 16.1. The average molecular weight is 381 g/mol. The fraction of sp³-hybridized carbons (Fsp3) is 0.238. The molecule has 7 heteroatoms. The van der Waals surface area contributed by atoms with Crippen LogP contribution in [0.1, 0.15) is 23.0 Å². The summed E-state index contributed by atoms with van der Waals surface area (Å²) in [5.74, 6) is 1.85. The van der Waals surface area contributed by atoms with Gasteiger partial charge in [0.25, 0.3) is 5.91 Å². The van der Waals surface area contributed by atoms with Crippen molar-refractivity contribution in [1.82, 2.24) is 15.5 Å². The van der Waals surface area contributed by atoms with Crippen LogP contribution in [0.25, 0.3) is 11.3 Å². The van der Waals surface area contributed by atoms with E-state index in [-0.39, 0.29) is 5.91 Å². The second-order valence-electron chi connectivity index (χ2n) is 6.00. The van der Waals surface area contributed by atoms with Crippen LogP contribution in [-0.4, -0.2) is 36.9 Å². The van der Waals surface area contributed by atoms with Crippen LogP contribution in [0.2, 0.25) is 0 Å². The van der Waals surface area contributed by atoms with Crippen molar-refractivity contribution in [2.75, 3.05) is 20.8 Å². The van der Waals surface area contributed by atoms with Crippen molar-refractivity contribution in [1.29, 1.82) is 0 Å². The number of aromatic nitrogens is 2. The third-order valence-electron chi connectivity index (χ3n) is 4.19. The van der Waals surface area contributed by atoms with Gasteiger partial charge < -0.3 is 19.5 Å². The first-order chi connectivity index (χ1) is 13.6. The summed E-state index contributed by atoms with van der Waals surface area (Å²) in [5.41, 5.74) is 2.88. The predicted molar refractivity (Wildman–Crippen MR) is 106 cm³/mol. The maximum atomic E-state index is 12.4. The molecule has 7 nitrogen and oxygen atoms in total. The lowest BCUT2D eigenvalue weighted by atomic mass is 10.1.